The van der Waals surface area contributed by atoms with Gasteiger partial charge in [-0.25, -0.2) is 12.8 Å². The number of carbonyl (C=O) groups excluding carboxylic acids is 1. The molecule has 144 valence electrons. The molecule has 3 rings (SSSR count). The lowest BCUT2D eigenvalue weighted by atomic mass is 10.1. The Morgan fingerprint density at radius 2 is 1.78 bits per heavy atom. The molecule has 1 amide bonds. The second-order valence-electron chi connectivity index (χ2n) is 6.72. The third-order valence-electron chi connectivity index (χ3n) is 4.77. The first kappa shape index (κ1) is 19.5. The number of nitrogens with one attached hydrogen (secondary N) is 1. The summed E-state index contributed by atoms with van der Waals surface area (Å²) in [6.45, 7) is 3.21. The lowest BCUT2D eigenvalue weighted by molar-refractivity contribution is 0.0953. The van der Waals surface area contributed by atoms with Crippen LogP contribution >= 0.6 is 0 Å². The summed E-state index contributed by atoms with van der Waals surface area (Å²) in [4.78, 5) is 12.7. The van der Waals surface area contributed by atoms with Crippen LogP contribution in [0.3, 0.4) is 0 Å². The minimum Gasteiger partial charge on any atom is -0.352 e. The van der Waals surface area contributed by atoms with Gasteiger partial charge in [0.25, 0.3) is 5.91 Å². The molecule has 0 aliphatic carbocycles. The number of carbonyl (C=O) groups is 1. The highest BCUT2D eigenvalue weighted by Gasteiger charge is 2.28. The van der Waals surface area contributed by atoms with E-state index in [0.29, 0.717) is 31.6 Å². The molecule has 7 heteroatoms. The zero-order valence-electron chi connectivity index (χ0n) is 15.2. The third-order valence-corrected chi connectivity index (χ3v) is 6.66. The SMILES string of the molecule is Cc1ccc(S(=O)(=O)N2CCCC2)cc1C(=O)NCCc1ccc(F)cc1. The van der Waals surface area contributed by atoms with Crippen molar-refractivity contribution in [3.8, 4) is 0 Å². The number of aryl methyl sites for hydroxylation is 1. The summed E-state index contributed by atoms with van der Waals surface area (Å²) in [5, 5.41) is 2.81. The van der Waals surface area contributed by atoms with Crippen LogP contribution in [0.4, 0.5) is 4.39 Å². The molecule has 0 aromatic heterocycles. The number of nitrogens with zero attached hydrogens (tertiary/aromatic N) is 1. The van der Waals surface area contributed by atoms with Crippen LogP contribution in [0.15, 0.2) is 47.4 Å². The predicted molar refractivity (Wildman–Crippen MR) is 102 cm³/mol. The smallest absolute Gasteiger partial charge is 0.251 e. The molecule has 0 saturated carbocycles. The minimum absolute atomic E-state index is 0.152. The first-order valence-electron chi connectivity index (χ1n) is 9.01. The van der Waals surface area contributed by atoms with Gasteiger partial charge in [0.1, 0.15) is 5.82 Å². The van der Waals surface area contributed by atoms with Gasteiger partial charge in [0, 0.05) is 25.2 Å². The van der Waals surface area contributed by atoms with Crippen LogP contribution in [0, 0.1) is 12.7 Å². The Balaban J connectivity index is 1.69. The van der Waals surface area contributed by atoms with Crippen molar-refractivity contribution in [2.24, 2.45) is 0 Å². The number of hydrogen-bond acceptors (Lipinski definition) is 3. The summed E-state index contributed by atoms with van der Waals surface area (Å²) in [7, 11) is -3.56. The fourth-order valence-electron chi connectivity index (χ4n) is 3.15. The molecular formula is C20H23FN2O3S. The number of hydrogen-bond donors (Lipinski definition) is 1. The average molecular weight is 390 g/mol. The monoisotopic (exact) mass is 390 g/mol. The van der Waals surface area contributed by atoms with Crippen molar-refractivity contribution in [1.29, 1.82) is 0 Å². The van der Waals surface area contributed by atoms with Crippen molar-refractivity contribution in [2.75, 3.05) is 19.6 Å². The largest absolute Gasteiger partial charge is 0.352 e. The number of benzene rings is 2. The van der Waals surface area contributed by atoms with Crippen molar-refractivity contribution in [3.63, 3.8) is 0 Å². The molecule has 27 heavy (non-hydrogen) atoms. The maximum atomic E-state index is 12.9. The Morgan fingerprint density at radius 3 is 2.44 bits per heavy atom. The van der Waals surface area contributed by atoms with Gasteiger partial charge in [0.15, 0.2) is 0 Å². The topological polar surface area (TPSA) is 66.5 Å². The molecule has 1 aliphatic rings. The maximum Gasteiger partial charge on any atom is 0.251 e. The van der Waals surface area contributed by atoms with Crippen molar-refractivity contribution in [3.05, 3.63) is 65.0 Å². The number of amides is 1. The van der Waals surface area contributed by atoms with Crippen LogP contribution in [-0.2, 0) is 16.4 Å². The van der Waals surface area contributed by atoms with Gasteiger partial charge in [-0.2, -0.15) is 4.31 Å². The molecule has 0 unspecified atom stereocenters. The fraction of sp³-hybridized carbons (Fsp3) is 0.350. The molecule has 2 aromatic rings. The highest BCUT2D eigenvalue weighted by atomic mass is 32.2. The van der Waals surface area contributed by atoms with E-state index in [1.54, 1.807) is 31.2 Å². The lowest BCUT2D eigenvalue weighted by Gasteiger charge is -2.17. The molecule has 1 N–H and O–H groups in total. The number of rotatable bonds is 6. The molecule has 0 spiro atoms. The van der Waals surface area contributed by atoms with Gasteiger partial charge in [-0.05, 0) is 61.6 Å². The van der Waals surface area contributed by atoms with E-state index in [9.17, 15) is 17.6 Å². The van der Waals surface area contributed by atoms with E-state index in [1.807, 2.05) is 0 Å². The van der Waals surface area contributed by atoms with Crippen molar-refractivity contribution in [1.82, 2.24) is 9.62 Å². The summed E-state index contributed by atoms with van der Waals surface area (Å²) in [6, 6.07) is 10.8. The Bertz CT molecular complexity index is 921. The van der Waals surface area contributed by atoms with E-state index in [4.69, 9.17) is 0 Å². The fourth-order valence-corrected chi connectivity index (χ4v) is 4.69. The van der Waals surface area contributed by atoms with Crippen LogP contribution in [0.2, 0.25) is 0 Å². The molecule has 1 heterocycles. The molecule has 1 saturated heterocycles. The van der Waals surface area contributed by atoms with Gasteiger partial charge in [0.05, 0.1) is 4.90 Å². The normalized spacial score (nSPS) is 15.0. The zero-order valence-corrected chi connectivity index (χ0v) is 16.1. The molecule has 0 bridgehead atoms. The quantitative estimate of drug-likeness (QED) is 0.825. The molecule has 0 radical (unpaired) electrons. The summed E-state index contributed by atoms with van der Waals surface area (Å²) in [6.07, 6.45) is 2.29. The van der Waals surface area contributed by atoms with E-state index in [0.717, 1.165) is 24.0 Å². The molecular weight excluding hydrogens is 367 g/mol. The van der Waals surface area contributed by atoms with Crippen LogP contribution in [-0.4, -0.2) is 38.3 Å². The number of sulfonamides is 1. The van der Waals surface area contributed by atoms with E-state index in [1.165, 1.54) is 22.5 Å². The molecule has 5 nitrogen and oxygen atoms in total. The molecule has 2 aromatic carbocycles. The highest BCUT2D eigenvalue weighted by Crippen LogP contribution is 2.23. The predicted octanol–water partition coefficient (Wildman–Crippen LogP) is 2.89. The summed E-state index contributed by atoms with van der Waals surface area (Å²) in [5.74, 6) is -0.609. The first-order valence-corrected chi connectivity index (χ1v) is 10.5. The maximum absolute atomic E-state index is 12.9. The summed E-state index contributed by atoms with van der Waals surface area (Å²) < 4.78 is 39.8. The standard InChI is InChI=1S/C20H23FN2O3S/c1-15-4-9-18(27(25,26)23-12-2-3-13-23)14-19(15)20(24)22-11-10-16-5-7-17(21)8-6-16/h4-9,14H,2-3,10-13H2,1H3,(H,22,24). The highest BCUT2D eigenvalue weighted by molar-refractivity contribution is 7.89. The van der Waals surface area contributed by atoms with Crippen LogP contribution in [0.5, 0.6) is 0 Å². The zero-order chi connectivity index (χ0) is 19.4. The van der Waals surface area contributed by atoms with Gasteiger partial charge >= 0.3 is 0 Å². The van der Waals surface area contributed by atoms with Crippen LogP contribution in [0.25, 0.3) is 0 Å². The van der Waals surface area contributed by atoms with Crippen molar-refractivity contribution in [2.45, 2.75) is 31.1 Å². The molecule has 1 fully saturated rings. The Hall–Kier alpha value is -2.25. The van der Waals surface area contributed by atoms with Gasteiger partial charge in [-0.15, -0.1) is 0 Å². The first-order chi connectivity index (χ1) is 12.9. The van der Waals surface area contributed by atoms with E-state index >= 15 is 0 Å². The van der Waals surface area contributed by atoms with Gasteiger partial charge in [0.2, 0.25) is 10.0 Å². The van der Waals surface area contributed by atoms with Gasteiger partial charge < -0.3 is 5.32 Å². The summed E-state index contributed by atoms with van der Waals surface area (Å²) in [5.41, 5.74) is 1.99. The van der Waals surface area contributed by atoms with Crippen LogP contribution in [0.1, 0.15) is 34.3 Å². The third kappa shape index (κ3) is 4.54. The second kappa shape index (κ2) is 8.19. The van der Waals surface area contributed by atoms with Crippen molar-refractivity contribution >= 4 is 15.9 Å². The minimum atomic E-state index is -3.56. The molecule has 1 aliphatic heterocycles. The second-order valence-corrected chi connectivity index (χ2v) is 8.66. The van der Waals surface area contributed by atoms with E-state index in [2.05, 4.69) is 5.32 Å². The van der Waals surface area contributed by atoms with Gasteiger partial charge in [-0.3, -0.25) is 4.79 Å². The van der Waals surface area contributed by atoms with E-state index < -0.39 is 10.0 Å². The molecule has 0 atom stereocenters. The Kier molecular flexibility index (Phi) is 5.92. The van der Waals surface area contributed by atoms with Crippen molar-refractivity contribution < 1.29 is 17.6 Å². The Morgan fingerprint density at radius 1 is 1.11 bits per heavy atom. The van der Waals surface area contributed by atoms with E-state index in [-0.39, 0.29) is 16.6 Å². The lowest BCUT2D eigenvalue weighted by Crippen LogP contribution is -2.29. The van der Waals surface area contributed by atoms with Crippen LogP contribution < -0.4 is 5.32 Å². The average Bonchev–Trinajstić information content (AvgIpc) is 3.19. The van der Waals surface area contributed by atoms with Gasteiger partial charge in [-0.1, -0.05) is 18.2 Å². The number of halogens is 1. The summed E-state index contributed by atoms with van der Waals surface area (Å²) >= 11 is 0. The Labute approximate surface area is 159 Å².